The second-order valence-electron chi connectivity index (χ2n) is 8.79. The Bertz CT molecular complexity index is 1240. The van der Waals surface area contributed by atoms with Crippen LogP contribution in [0.5, 0.6) is 0 Å². The minimum Gasteiger partial charge on any atom is -0.481 e. The van der Waals surface area contributed by atoms with Crippen molar-refractivity contribution in [3.05, 3.63) is 89.5 Å². The molecule has 2 aliphatic rings. The molecule has 2 N–H and O–H groups in total. The van der Waals surface area contributed by atoms with Crippen LogP contribution in [0, 0.1) is 0 Å². The number of aliphatic carboxylic acids is 1. The minimum absolute atomic E-state index is 0.0261. The monoisotopic (exact) mass is 470 g/mol. The third-order valence-corrected chi connectivity index (χ3v) is 6.80. The van der Waals surface area contributed by atoms with E-state index in [0.29, 0.717) is 24.2 Å². The van der Waals surface area contributed by atoms with Gasteiger partial charge in [-0.1, -0.05) is 66.7 Å². The van der Waals surface area contributed by atoms with Crippen molar-refractivity contribution in [2.75, 3.05) is 24.6 Å². The van der Waals surface area contributed by atoms with Crippen LogP contribution in [-0.4, -0.2) is 42.8 Å². The highest BCUT2D eigenvalue weighted by molar-refractivity contribution is 5.96. The fraction of sp³-hybridized carbons (Fsp3) is 0.250. The van der Waals surface area contributed by atoms with Crippen molar-refractivity contribution in [3.63, 3.8) is 0 Å². The highest BCUT2D eigenvalue weighted by atomic mass is 16.5. The van der Waals surface area contributed by atoms with Gasteiger partial charge in [-0.15, -0.1) is 0 Å². The van der Waals surface area contributed by atoms with Gasteiger partial charge in [0.15, 0.2) is 0 Å². The standard InChI is InChI=1S/C28H26N2O5/c31-26(30-16-14-23(27(32)33)22-11-5-6-12-25(22)30)13-15-29-28(34)35-17-24-20-9-3-1-7-18(20)19-8-2-4-10-21(19)24/h1-12,23-24H,13-17H2,(H,29,34)(H,32,33). The summed E-state index contributed by atoms with van der Waals surface area (Å²) in [5.41, 5.74) is 5.87. The van der Waals surface area contributed by atoms with Crippen molar-refractivity contribution in [1.29, 1.82) is 0 Å². The lowest BCUT2D eigenvalue weighted by Crippen LogP contribution is -2.40. The van der Waals surface area contributed by atoms with Gasteiger partial charge in [0.25, 0.3) is 0 Å². The number of nitrogens with zero attached hydrogens (tertiary/aromatic N) is 1. The molecule has 0 fully saturated rings. The fourth-order valence-corrected chi connectivity index (χ4v) is 5.13. The van der Waals surface area contributed by atoms with Gasteiger partial charge in [0.2, 0.25) is 5.91 Å². The van der Waals surface area contributed by atoms with E-state index < -0.39 is 18.0 Å². The van der Waals surface area contributed by atoms with Crippen LogP contribution in [0.4, 0.5) is 10.5 Å². The molecule has 5 rings (SSSR count). The normalized spacial score (nSPS) is 16.1. The SMILES string of the molecule is O=C(NCCC(=O)N1CCC(C(=O)O)c2ccccc21)OCC1c2ccccc2-c2ccccc21. The first-order valence-corrected chi connectivity index (χ1v) is 11.8. The summed E-state index contributed by atoms with van der Waals surface area (Å²) in [5.74, 6) is -1.70. The first-order valence-electron chi connectivity index (χ1n) is 11.8. The zero-order valence-corrected chi connectivity index (χ0v) is 19.1. The number of anilines is 1. The third kappa shape index (κ3) is 4.37. The number of carbonyl (C=O) groups is 3. The van der Waals surface area contributed by atoms with Gasteiger partial charge in [0.05, 0.1) is 5.92 Å². The van der Waals surface area contributed by atoms with E-state index in [9.17, 15) is 19.5 Å². The van der Waals surface area contributed by atoms with Gasteiger partial charge >= 0.3 is 12.1 Å². The zero-order valence-electron chi connectivity index (χ0n) is 19.1. The topological polar surface area (TPSA) is 95.9 Å². The second-order valence-corrected chi connectivity index (χ2v) is 8.79. The molecule has 1 aliphatic carbocycles. The summed E-state index contributed by atoms with van der Waals surface area (Å²) >= 11 is 0. The van der Waals surface area contributed by atoms with Gasteiger partial charge < -0.3 is 20.1 Å². The predicted octanol–water partition coefficient (Wildman–Crippen LogP) is 4.52. The van der Waals surface area contributed by atoms with Gasteiger partial charge in [-0.2, -0.15) is 0 Å². The molecule has 0 aromatic heterocycles. The summed E-state index contributed by atoms with van der Waals surface area (Å²) in [6.45, 7) is 0.679. The van der Waals surface area contributed by atoms with Crippen LogP contribution in [0.2, 0.25) is 0 Å². The number of hydrogen-bond acceptors (Lipinski definition) is 4. The smallest absolute Gasteiger partial charge is 0.407 e. The van der Waals surface area contributed by atoms with Crippen molar-refractivity contribution >= 4 is 23.7 Å². The largest absolute Gasteiger partial charge is 0.481 e. The number of hydrogen-bond donors (Lipinski definition) is 2. The average molecular weight is 471 g/mol. The molecule has 35 heavy (non-hydrogen) atoms. The Kier molecular flexibility index (Phi) is 6.23. The molecule has 0 saturated heterocycles. The molecule has 3 aromatic rings. The number of fused-ring (bicyclic) bond motifs is 4. The van der Waals surface area contributed by atoms with E-state index in [2.05, 4.69) is 29.6 Å². The van der Waals surface area contributed by atoms with Crippen molar-refractivity contribution in [3.8, 4) is 11.1 Å². The molecule has 1 atom stereocenters. The second kappa shape index (κ2) is 9.62. The minimum atomic E-state index is -0.888. The van der Waals surface area contributed by atoms with Crippen molar-refractivity contribution in [2.45, 2.75) is 24.7 Å². The van der Waals surface area contributed by atoms with Gasteiger partial charge in [-0.05, 0) is 40.3 Å². The Morgan fingerprint density at radius 2 is 1.49 bits per heavy atom. The number of carboxylic acid groups (broad SMARTS) is 1. The maximum atomic E-state index is 12.8. The highest BCUT2D eigenvalue weighted by Gasteiger charge is 2.32. The molecule has 7 heteroatoms. The fourth-order valence-electron chi connectivity index (χ4n) is 5.13. The van der Waals surface area contributed by atoms with E-state index >= 15 is 0 Å². The summed E-state index contributed by atoms with van der Waals surface area (Å²) in [4.78, 5) is 38.4. The number of amides is 2. The lowest BCUT2D eigenvalue weighted by Gasteiger charge is -2.32. The van der Waals surface area contributed by atoms with Gasteiger partial charge in [0, 0.05) is 31.1 Å². The number of carboxylic acids is 1. The molecule has 0 bridgehead atoms. The predicted molar refractivity (Wildman–Crippen MR) is 131 cm³/mol. The molecular weight excluding hydrogens is 444 g/mol. The molecule has 178 valence electrons. The molecule has 3 aromatic carbocycles. The number of ether oxygens (including phenoxy) is 1. The molecule has 7 nitrogen and oxygen atoms in total. The summed E-state index contributed by atoms with van der Waals surface area (Å²) in [5, 5.41) is 12.2. The van der Waals surface area contributed by atoms with E-state index in [-0.39, 0.29) is 31.4 Å². The van der Waals surface area contributed by atoms with Gasteiger partial charge in [-0.25, -0.2) is 4.79 Å². The molecule has 1 unspecified atom stereocenters. The first-order chi connectivity index (χ1) is 17.0. The van der Waals surface area contributed by atoms with Crippen LogP contribution in [0.3, 0.4) is 0 Å². The first kappa shape index (κ1) is 22.7. The zero-order chi connectivity index (χ0) is 24.4. The Labute approximate surface area is 203 Å². The van der Waals surface area contributed by atoms with Crippen LogP contribution >= 0.6 is 0 Å². The average Bonchev–Trinajstić information content (AvgIpc) is 3.20. The summed E-state index contributed by atoms with van der Waals surface area (Å²) in [6, 6.07) is 23.4. The molecular formula is C28H26N2O5. The Hall–Kier alpha value is -4.13. The van der Waals surface area contributed by atoms with Crippen LogP contribution in [-0.2, 0) is 14.3 Å². The molecule has 0 radical (unpaired) electrons. The van der Waals surface area contributed by atoms with Gasteiger partial charge in [-0.3, -0.25) is 9.59 Å². The van der Waals surface area contributed by atoms with Crippen LogP contribution in [0.15, 0.2) is 72.8 Å². The quantitative estimate of drug-likeness (QED) is 0.552. The van der Waals surface area contributed by atoms with Gasteiger partial charge in [0.1, 0.15) is 6.61 Å². The summed E-state index contributed by atoms with van der Waals surface area (Å²) < 4.78 is 5.52. The van der Waals surface area contributed by atoms with Crippen LogP contribution in [0.1, 0.15) is 41.4 Å². The summed E-state index contributed by atoms with van der Waals surface area (Å²) in [7, 11) is 0. The Balaban J connectivity index is 1.16. The molecule has 2 amide bonds. The maximum Gasteiger partial charge on any atom is 0.407 e. The van der Waals surface area contributed by atoms with E-state index in [0.717, 1.165) is 22.3 Å². The number of benzene rings is 3. The van der Waals surface area contributed by atoms with Crippen molar-refractivity contribution < 1.29 is 24.2 Å². The molecule has 0 saturated carbocycles. The summed E-state index contributed by atoms with van der Waals surface area (Å²) in [6.07, 6.45) is -0.113. The van der Waals surface area contributed by atoms with Crippen molar-refractivity contribution in [1.82, 2.24) is 5.32 Å². The lowest BCUT2D eigenvalue weighted by atomic mass is 9.90. The van der Waals surface area contributed by atoms with E-state index in [4.69, 9.17) is 4.74 Å². The number of para-hydroxylation sites is 1. The highest BCUT2D eigenvalue weighted by Crippen LogP contribution is 2.44. The number of rotatable bonds is 6. The number of carbonyl (C=O) groups excluding carboxylic acids is 2. The van der Waals surface area contributed by atoms with E-state index in [1.807, 2.05) is 24.3 Å². The number of nitrogens with one attached hydrogen (secondary N) is 1. The van der Waals surface area contributed by atoms with Crippen LogP contribution < -0.4 is 10.2 Å². The molecule has 1 aliphatic heterocycles. The van der Waals surface area contributed by atoms with E-state index in [1.165, 1.54) is 0 Å². The Morgan fingerprint density at radius 3 is 2.14 bits per heavy atom. The molecule has 1 heterocycles. The molecule has 0 spiro atoms. The third-order valence-electron chi connectivity index (χ3n) is 6.80. The number of alkyl carbamates (subject to hydrolysis) is 1. The van der Waals surface area contributed by atoms with E-state index in [1.54, 1.807) is 29.2 Å². The maximum absolute atomic E-state index is 12.8. The Morgan fingerprint density at radius 1 is 0.886 bits per heavy atom. The van der Waals surface area contributed by atoms with Crippen molar-refractivity contribution in [2.24, 2.45) is 0 Å². The van der Waals surface area contributed by atoms with Crippen LogP contribution in [0.25, 0.3) is 11.1 Å². The lowest BCUT2D eigenvalue weighted by molar-refractivity contribution is -0.139.